The molecule has 0 spiro atoms. The van der Waals surface area contributed by atoms with Gasteiger partial charge in [-0.15, -0.1) is 10.2 Å². The van der Waals surface area contributed by atoms with Crippen LogP contribution in [0.1, 0.15) is 21.7 Å². The highest BCUT2D eigenvalue weighted by molar-refractivity contribution is 6.34. The molecular formula is C17H14ClF3N6O. The maximum absolute atomic E-state index is 13.1. The van der Waals surface area contributed by atoms with Crippen LogP contribution in [-0.2, 0) is 19.3 Å². The number of fused-ring (bicyclic) bond motifs is 1. The molecule has 1 aromatic carbocycles. The van der Waals surface area contributed by atoms with E-state index >= 15 is 0 Å². The van der Waals surface area contributed by atoms with Gasteiger partial charge in [0.1, 0.15) is 0 Å². The predicted octanol–water partition coefficient (Wildman–Crippen LogP) is 2.96. The predicted molar refractivity (Wildman–Crippen MR) is 95.1 cm³/mol. The molecule has 1 aromatic heterocycles. The van der Waals surface area contributed by atoms with Gasteiger partial charge in [-0.1, -0.05) is 17.7 Å². The number of carbonyl (C=O) groups excluding carboxylic acids is 1. The minimum Gasteiger partial charge on any atom is -0.329 e. The van der Waals surface area contributed by atoms with Crippen molar-refractivity contribution in [3.8, 4) is 0 Å². The Morgan fingerprint density at radius 1 is 1.18 bits per heavy atom. The number of nitrogens with one attached hydrogen (secondary N) is 1. The molecule has 11 heteroatoms. The summed E-state index contributed by atoms with van der Waals surface area (Å²) in [5, 5.41) is 9.32. The zero-order chi connectivity index (χ0) is 19.9. The Balaban J connectivity index is 1.57. The largest absolute Gasteiger partial charge is 0.417 e. The number of hydrogen-bond acceptors (Lipinski definition) is 5. The molecule has 0 radical (unpaired) electrons. The Hall–Kier alpha value is -3.01. The molecule has 1 amide bonds. The van der Waals surface area contributed by atoms with Crippen molar-refractivity contribution in [1.29, 1.82) is 0 Å². The van der Waals surface area contributed by atoms with Crippen molar-refractivity contribution in [2.24, 2.45) is 0 Å². The van der Waals surface area contributed by atoms with E-state index in [-0.39, 0.29) is 18.7 Å². The van der Waals surface area contributed by atoms with Gasteiger partial charge in [-0.3, -0.25) is 14.8 Å². The van der Waals surface area contributed by atoms with E-state index < -0.39 is 22.7 Å². The molecule has 0 fully saturated rings. The summed E-state index contributed by atoms with van der Waals surface area (Å²) in [6, 6.07) is 3.32. The molecule has 0 aliphatic carbocycles. The fourth-order valence-electron chi connectivity index (χ4n) is 3.06. The minimum atomic E-state index is -4.63. The zero-order valence-corrected chi connectivity index (χ0v) is 15.1. The molecule has 0 saturated heterocycles. The number of amides is 1. The number of rotatable bonds is 2. The van der Waals surface area contributed by atoms with Gasteiger partial charge < -0.3 is 4.90 Å². The Bertz CT molecular complexity index is 984. The number of alkyl halides is 3. The van der Waals surface area contributed by atoms with E-state index in [2.05, 4.69) is 15.6 Å². The van der Waals surface area contributed by atoms with Crippen molar-refractivity contribution in [2.75, 3.05) is 11.6 Å². The van der Waals surface area contributed by atoms with E-state index in [0.29, 0.717) is 18.3 Å². The number of benzene rings is 1. The highest BCUT2D eigenvalue weighted by Gasteiger charge is 2.36. The lowest BCUT2D eigenvalue weighted by molar-refractivity contribution is -0.137. The first-order valence-corrected chi connectivity index (χ1v) is 8.70. The number of carbonyl (C=O) groups is 1. The number of aromatic nitrogens is 3. The molecule has 0 saturated carbocycles. The van der Waals surface area contributed by atoms with Gasteiger partial charge in [0.25, 0.3) is 5.91 Å². The summed E-state index contributed by atoms with van der Waals surface area (Å²) >= 11 is 5.88. The molecule has 1 N–H and O–H groups in total. The standard InChI is InChI=1S/C17H14ClF3N6O/c18-14-11(4-3-5-12(14)17(19,20)21)15(28)25-8-9-26-13(10-25)23-24-16(26)27-7-2-1-6-22-27/h1-7,22H,8-10H2. The molecule has 146 valence electrons. The normalized spacial score (nSPS) is 16.1. The summed E-state index contributed by atoms with van der Waals surface area (Å²) in [7, 11) is 0. The Kier molecular flexibility index (Phi) is 4.50. The van der Waals surface area contributed by atoms with Crippen LogP contribution in [0.3, 0.4) is 0 Å². The lowest BCUT2D eigenvalue weighted by Crippen LogP contribution is -2.40. The van der Waals surface area contributed by atoms with Crippen molar-refractivity contribution >= 4 is 23.5 Å². The van der Waals surface area contributed by atoms with E-state index in [1.807, 2.05) is 16.7 Å². The van der Waals surface area contributed by atoms with E-state index in [1.165, 1.54) is 17.0 Å². The second-order valence-electron chi connectivity index (χ2n) is 6.16. The van der Waals surface area contributed by atoms with Gasteiger partial charge in [0, 0.05) is 25.5 Å². The molecule has 2 aliphatic rings. The number of hydrogen-bond donors (Lipinski definition) is 1. The summed E-state index contributed by atoms with van der Waals surface area (Å²) in [5.41, 5.74) is 1.78. The topological polar surface area (TPSA) is 66.3 Å². The van der Waals surface area contributed by atoms with Crippen LogP contribution in [-0.4, -0.2) is 32.1 Å². The maximum atomic E-state index is 13.1. The third-order valence-corrected chi connectivity index (χ3v) is 4.83. The van der Waals surface area contributed by atoms with Gasteiger partial charge in [-0.2, -0.15) is 13.2 Å². The van der Waals surface area contributed by atoms with Crippen molar-refractivity contribution in [1.82, 2.24) is 25.1 Å². The first-order valence-electron chi connectivity index (χ1n) is 8.32. The van der Waals surface area contributed by atoms with Crippen molar-refractivity contribution in [3.63, 3.8) is 0 Å². The number of anilines is 1. The second-order valence-corrected chi connectivity index (χ2v) is 6.54. The smallest absolute Gasteiger partial charge is 0.329 e. The Morgan fingerprint density at radius 2 is 2.00 bits per heavy atom. The number of hydrazine groups is 1. The molecule has 28 heavy (non-hydrogen) atoms. The van der Waals surface area contributed by atoms with Crippen molar-refractivity contribution in [3.05, 3.63) is 64.7 Å². The van der Waals surface area contributed by atoms with E-state index in [9.17, 15) is 18.0 Å². The minimum absolute atomic E-state index is 0.117. The van der Waals surface area contributed by atoms with Crippen LogP contribution < -0.4 is 10.4 Å². The van der Waals surface area contributed by atoms with E-state index in [0.717, 1.165) is 6.07 Å². The summed E-state index contributed by atoms with van der Waals surface area (Å²) < 4.78 is 41.0. The lowest BCUT2D eigenvalue weighted by Gasteiger charge is -2.30. The van der Waals surface area contributed by atoms with Gasteiger partial charge in [0.15, 0.2) is 5.82 Å². The van der Waals surface area contributed by atoms with Gasteiger partial charge in [-0.05, 0) is 24.3 Å². The average Bonchev–Trinajstić information content (AvgIpc) is 3.10. The number of nitrogens with zero attached hydrogens (tertiary/aromatic N) is 5. The molecule has 0 unspecified atom stereocenters. The molecule has 0 atom stereocenters. The third-order valence-electron chi connectivity index (χ3n) is 4.43. The first-order chi connectivity index (χ1) is 13.4. The van der Waals surface area contributed by atoms with Crippen LogP contribution in [0.15, 0.2) is 42.8 Å². The molecular weight excluding hydrogens is 397 g/mol. The average molecular weight is 411 g/mol. The third kappa shape index (κ3) is 3.19. The Morgan fingerprint density at radius 3 is 2.71 bits per heavy atom. The van der Waals surface area contributed by atoms with Crippen LogP contribution >= 0.6 is 11.6 Å². The number of allylic oxidation sites excluding steroid dienone is 2. The Labute approximate surface area is 162 Å². The van der Waals surface area contributed by atoms with Crippen LogP contribution in [0, 0.1) is 0 Å². The molecule has 0 bridgehead atoms. The highest BCUT2D eigenvalue weighted by atomic mass is 35.5. The van der Waals surface area contributed by atoms with Crippen LogP contribution in [0.25, 0.3) is 0 Å². The lowest BCUT2D eigenvalue weighted by atomic mass is 10.1. The fraction of sp³-hybridized carbons (Fsp3) is 0.235. The van der Waals surface area contributed by atoms with Crippen LogP contribution in [0.2, 0.25) is 5.02 Å². The van der Waals surface area contributed by atoms with E-state index in [4.69, 9.17) is 11.6 Å². The maximum Gasteiger partial charge on any atom is 0.417 e. The molecule has 3 heterocycles. The van der Waals surface area contributed by atoms with Gasteiger partial charge in [-0.25, -0.2) is 5.01 Å². The monoisotopic (exact) mass is 410 g/mol. The quantitative estimate of drug-likeness (QED) is 0.824. The summed E-state index contributed by atoms with van der Waals surface area (Å²) in [4.78, 5) is 14.2. The fourth-order valence-corrected chi connectivity index (χ4v) is 3.38. The number of halogens is 4. The highest BCUT2D eigenvalue weighted by Crippen LogP contribution is 2.36. The van der Waals surface area contributed by atoms with Crippen LogP contribution in [0.5, 0.6) is 0 Å². The summed E-state index contributed by atoms with van der Waals surface area (Å²) in [5.74, 6) is 0.507. The first kappa shape index (κ1) is 18.4. The summed E-state index contributed by atoms with van der Waals surface area (Å²) in [6.45, 7) is 0.804. The van der Waals surface area contributed by atoms with Crippen LogP contribution in [0.4, 0.5) is 19.1 Å². The van der Waals surface area contributed by atoms with Crippen molar-refractivity contribution < 1.29 is 18.0 Å². The van der Waals surface area contributed by atoms with Gasteiger partial charge in [0.05, 0.1) is 22.7 Å². The SMILES string of the molecule is O=C(c1cccc(C(F)(F)F)c1Cl)N1CCn2c(nnc2N2C=CC=CN2)C1. The molecule has 7 nitrogen and oxygen atoms in total. The van der Waals surface area contributed by atoms with Crippen molar-refractivity contribution in [2.45, 2.75) is 19.3 Å². The van der Waals surface area contributed by atoms with E-state index in [1.54, 1.807) is 17.4 Å². The molecule has 2 aromatic rings. The second kappa shape index (κ2) is 6.86. The van der Waals surface area contributed by atoms with Gasteiger partial charge in [0.2, 0.25) is 5.95 Å². The zero-order valence-electron chi connectivity index (χ0n) is 14.3. The summed E-state index contributed by atoms with van der Waals surface area (Å²) in [6.07, 6.45) is 2.52. The molecule has 4 rings (SSSR count). The van der Waals surface area contributed by atoms with Gasteiger partial charge >= 0.3 is 6.18 Å². The molecule has 2 aliphatic heterocycles.